The Kier molecular flexibility index (Phi) is 7.05. The minimum Gasteiger partial charge on any atom is -0.487 e. The standard InChI is InChI=1S/C24H17Cl2NO4S/c25-21-22-20(32-23(21)26)11-10-16(27-22)14-31-19-9-5-4-8-17(19)18(28)12-13-30-24(29)15-6-2-1-3-7-15/h1-11H,12-14H2. The second-order valence-electron chi connectivity index (χ2n) is 6.80. The van der Waals surface area contributed by atoms with Gasteiger partial charge in [-0.2, -0.15) is 0 Å². The van der Waals surface area contributed by atoms with E-state index in [2.05, 4.69) is 4.98 Å². The van der Waals surface area contributed by atoms with E-state index in [0.29, 0.717) is 37.4 Å². The minimum atomic E-state index is -0.461. The first-order chi connectivity index (χ1) is 15.5. The molecule has 0 spiro atoms. The number of hydrogen-bond donors (Lipinski definition) is 0. The largest absolute Gasteiger partial charge is 0.487 e. The highest BCUT2D eigenvalue weighted by Gasteiger charge is 2.15. The zero-order valence-corrected chi connectivity index (χ0v) is 19.0. The second kappa shape index (κ2) is 10.1. The van der Waals surface area contributed by atoms with Gasteiger partial charge in [-0.25, -0.2) is 9.78 Å². The summed E-state index contributed by atoms with van der Waals surface area (Å²) in [5, 5.41) is 0.425. The van der Waals surface area contributed by atoms with Crippen molar-refractivity contribution in [3.63, 3.8) is 0 Å². The fraction of sp³-hybridized carbons (Fsp3) is 0.125. The molecule has 0 saturated heterocycles. The summed E-state index contributed by atoms with van der Waals surface area (Å²) in [6.45, 7) is 0.142. The maximum Gasteiger partial charge on any atom is 0.338 e. The molecule has 2 aromatic heterocycles. The molecule has 32 heavy (non-hydrogen) atoms. The lowest BCUT2D eigenvalue weighted by Crippen LogP contribution is -2.11. The first-order valence-corrected chi connectivity index (χ1v) is 11.3. The molecule has 0 N–H and O–H groups in total. The van der Waals surface area contributed by atoms with Gasteiger partial charge in [-0.3, -0.25) is 4.79 Å². The number of benzene rings is 2. The second-order valence-corrected chi connectivity index (χ2v) is 8.83. The van der Waals surface area contributed by atoms with Crippen molar-refractivity contribution < 1.29 is 19.1 Å². The van der Waals surface area contributed by atoms with Crippen LogP contribution in [0.4, 0.5) is 0 Å². The average Bonchev–Trinajstić information content (AvgIpc) is 3.11. The van der Waals surface area contributed by atoms with Gasteiger partial charge in [0.05, 0.1) is 33.2 Å². The van der Waals surface area contributed by atoms with Gasteiger partial charge >= 0.3 is 5.97 Å². The lowest BCUT2D eigenvalue weighted by molar-refractivity contribution is 0.0496. The van der Waals surface area contributed by atoms with Crippen LogP contribution in [0, 0.1) is 0 Å². The van der Waals surface area contributed by atoms with Gasteiger partial charge in [-0.05, 0) is 36.4 Å². The fourth-order valence-electron chi connectivity index (χ4n) is 3.04. The smallest absolute Gasteiger partial charge is 0.338 e. The first-order valence-electron chi connectivity index (χ1n) is 9.73. The van der Waals surface area contributed by atoms with Crippen LogP contribution in [0.2, 0.25) is 9.36 Å². The summed E-state index contributed by atoms with van der Waals surface area (Å²) in [6.07, 6.45) is 0.0478. The van der Waals surface area contributed by atoms with E-state index in [9.17, 15) is 9.59 Å². The molecule has 0 aliphatic heterocycles. The molecule has 0 fully saturated rings. The summed E-state index contributed by atoms with van der Waals surface area (Å²) >= 11 is 13.6. The van der Waals surface area contributed by atoms with Crippen molar-refractivity contribution in [2.45, 2.75) is 13.0 Å². The number of halogens is 2. The van der Waals surface area contributed by atoms with Crippen molar-refractivity contribution in [1.82, 2.24) is 4.98 Å². The van der Waals surface area contributed by atoms with Crippen LogP contribution in [-0.2, 0) is 11.3 Å². The Morgan fingerprint density at radius 1 is 0.938 bits per heavy atom. The number of carbonyl (C=O) groups excluding carboxylic acids is 2. The van der Waals surface area contributed by atoms with E-state index in [4.69, 9.17) is 32.7 Å². The molecule has 0 bridgehead atoms. The third-order valence-electron chi connectivity index (χ3n) is 4.63. The number of esters is 1. The van der Waals surface area contributed by atoms with Crippen LogP contribution in [0.3, 0.4) is 0 Å². The molecule has 162 valence electrons. The summed E-state index contributed by atoms with van der Waals surface area (Å²) in [6, 6.07) is 19.3. The molecule has 2 aromatic carbocycles. The number of pyridine rings is 1. The van der Waals surface area contributed by atoms with Crippen LogP contribution in [0.5, 0.6) is 5.75 Å². The van der Waals surface area contributed by atoms with Crippen molar-refractivity contribution in [3.05, 3.63) is 92.9 Å². The number of carbonyl (C=O) groups is 2. The van der Waals surface area contributed by atoms with E-state index in [0.717, 1.165) is 4.70 Å². The summed E-state index contributed by atoms with van der Waals surface area (Å²) in [7, 11) is 0. The Morgan fingerprint density at radius 3 is 2.50 bits per heavy atom. The molecule has 0 unspecified atom stereocenters. The van der Waals surface area contributed by atoms with Crippen LogP contribution in [0.25, 0.3) is 10.2 Å². The SMILES string of the molecule is O=C(OCCC(=O)c1ccccc1OCc1ccc2sc(Cl)c(Cl)c2n1)c1ccccc1. The minimum absolute atomic E-state index is 0.0173. The van der Waals surface area contributed by atoms with Gasteiger partial charge in [-0.1, -0.05) is 53.5 Å². The number of thiophene rings is 1. The highest BCUT2D eigenvalue weighted by molar-refractivity contribution is 7.23. The van der Waals surface area contributed by atoms with Gasteiger partial charge in [0.2, 0.25) is 0 Å². The zero-order chi connectivity index (χ0) is 22.5. The molecule has 0 radical (unpaired) electrons. The zero-order valence-electron chi connectivity index (χ0n) is 16.7. The predicted molar refractivity (Wildman–Crippen MR) is 126 cm³/mol. The Labute approximate surface area is 198 Å². The lowest BCUT2D eigenvalue weighted by Gasteiger charge is -2.11. The van der Waals surface area contributed by atoms with Crippen molar-refractivity contribution in [2.24, 2.45) is 0 Å². The summed E-state index contributed by atoms with van der Waals surface area (Å²) in [5.74, 6) is -0.211. The molecular formula is C24H17Cl2NO4S. The number of ether oxygens (including phenoxy) is 2. The van der Waals surface area contributed by atoms with Crippen LogP contribution in [-0.4, -0.2) is 23.3 Å². The van der Waals surface area contributed by atoms with E-state index in [1.807, 2.05) is 18.2 Å². The quantitative estimate of drug-likeness (QED) is 0.207. The number of Topliss-reactive ketones (excluding diaryl/α,β-unsaturated/α-hetero) is 1. The molecule has 8 heteroatoms. The van der Waals surface area contributed by atoms with Gasteiger partial charge in [0.1, 0.15) is 22.2 Å². The number of rotatable bonds is 8. The fourth-order valence-corrected chi connectivity index (χ4v) is 4.46. The molecule has 4 rings (SSSR count). The number of hydrogen-bond acceptors (Lipinski definition) is 6. The summed E-state index contributed by atoms with van der Waals surface area (Å²) in [5.41, 5.74) is 2.15. The topological polar surface area (TPSA) is 65.5 Å². The van der Waals surface area contributed by atoms with E-state index in [1.54, 1.807) is 48.5 Å². The van der Waals surface area contributed by atoms with Gasteiger partial charge in [0.15, 0.2) is 5.78 Å². The maximum atomic E-state index is 12.7. The van der Waals surface area contributed by atoms with Crippen LogP contribution in [0.15, 0.2) is 66.7 Å². The molecule has 2 heterocycles. The van der Waals surface area contributed by atoms with Gasteiger partial charge in [0.25, 0.3) is 0 Å². The van der Waals surface area contributed by atoms with Crippen molar-refractivity contribution in [3.8, 4) is 5.75 Å². The van der Waals surface area contributed by atoms with Gasteiger partial charge in [-0.15, -0.1) is 11.3 Å². The molecule has 4 aromatic rings. The molecule has 0 amide bonds. The Bertz CT molecular complexity index is 1270. The first kappa shape index (κ1) is 22.3. The number of fused-ring (bicyclic) bond motifs is 1. The van der Waals surface area contributed by atoms with E-state index in [-0.39, 0.29) is 25.4 Å². The number of ketones is 1. The van der Waals surface area contributed by atoms with E-state index >= 15 is 0 Å². The lowest BCUT2D eigenvalue weighted by atomic mass is 10.1. The molecule has 0 atom stereocenters. The van der Waals surface area contributed by atoms with E-state index in [1.165, 1.54) is 11.3 Å². The monoisotopic (exact) mass is 485 g/mol. The van der Waals surface area contributed by atoms with Crippen LogP contribution in [0.1, 0.15) is 32.8 Å². The molecule has 0 aliphatic rings. The van der Waals surface area contributed by atoms with Crippen molar-refractivity contribution in [2.75, 3.05) is 6.61 Å². The van der Waals surface area contributed by atoms with Crippen LogP contribution >= 0.6 is 34.5 Å². The van der Waals surface area contributed by atoms with Crippen LogP contribution < -0.4 is 4.74 Å². The van der Waals surface area contributed by atoms with Crippen molar-refractivity contribution >= 4 is 56.5 Å². The van der Waals surface area contributed by atoms with Gasteiger partial charge < -0.3 is 9.47 Å². The molecule has 0 aliphatic carbocycles. The number of nitrogens with zero attached hydrogens (tertiary/aromatic N) is 1. The molecule has 5 nitrogen and oxygen atoms in total. The summed E-state index contributed by atoms with van der Waals surface area (Å²) in [4.78, 5) is 29.2. The molecule has 0 saturated carbocycles. The van der Waals surface area contributed by atoms with Gasteiger partial charge in [0, 0.05) is 6.42 Å². The third-order valence-corrected chi connectivity index (χ3v) is 6.56. The molecular weight excluding hydrogens is 469 g/mol. The Morgan fingerprint density at radius 2 is 1.69 bits per heavy atom. The number of para-hydroxylation sites is 1. The Balaban J connectivity index is 1.38. The average molecular weight is 486 g/mol. The normalized spacial score (nSPS) is 10.8. The highest BCUT2D eigenvalue weighted by Crippen LogP contribution is 2.37. The Hall–Kier alpha value is -2.93. The summed E-state index contributed by atoms with van der Waals surface area (Å²) < 4.78 is 12.5. The van der Waals surface area contributed by atoms with Crippen molar-refractivity contribution in [1.29, 1.82) is 0 Å². The highest BCUT2D eigenvalue weighted by atomic mass is 35.5. The number of aromatic nitrogens is 1. The maximum absolute atomic E-state index is 12.7. The third kappa shape index (κ3) is 5.10. The van der Waals surface area contributed by atoms with E-state index < -0.39 is 5.97 Å². The predicted octanol–water partition coefficient (Wildman–Crippen LogP) is 6.61.